The standard InChI is InChI=1S/C91H124N26O18S/c1-8-10-28-70-84(129)111-65-33-50(3)117(89(65)134)73(83(128)101-44-75(93)120)46-136-47-76(121)104-66(34-52-21-13-12-14-22-52)86(131)113(5)51(4)77(122)109-68(39-74(92)119)88(133)116-32-20-30-71(116)85(130)108-64(38-56-43-97-49-103-56)80(125)107-63(37-55-42-96-48-102-55)81(126)112-69(45-118)82(127)106-62(35-53-40-99-59-25-17-15-23-57(53)59)79(124)105-61(27-19-31-98-91(94)95)78(123)110-67(36-54-41-100-60-26-18-16-24-58(54)60)87(132)115(7)72(29-11-9-2)90(135)114(70)6/h12-18,21-26,40-43,48-51,61-73,99-100,118H,8-11,19-20,27-39,44-47H2,1-7H3,(H2,92,119)(H2,93,120)(H,96,102)(H,97,103)(H,101,128)(H,104,121)(H,105,124)(H,106,127)(H,107,125)(H,108,130)(H,109,122)(H,110,123)(H,111,129)(H,112,126)(H4,94,95,98)/t50?,51-,61-,62-,63-,64-,65-,66-,67-,68-,69-,70-,71?,72-,73-/m0/s1. The van der Waals surface area contributed by atoms with Crippen molar-refractivity contribution in [1.82, 2.24) is 113 Å². The summed E-state index contributed by atoms with van der Waals surface area (Å²) in [5.41, 5.74) is 20.3. The quantitative estimate of drug-likeness (QED) is 0.0149. The molecule has 15 atom stereocenters. The van der Waals surface area contributed by atoms with Crippen molar-refractivity contribution >= 4 is 140 Å². The molecule has 7 heterocycles. The summed E-state index contributed by atoms with van der Waals surface area (Å²) in [4.78, 5) is 277. The number of amides is 17. The Labute approximate surface area is 788 Å². The molecule has 4 aromatic heterocycles. The Balaban J connectivity index is 1.02. The number of guanidine groups is 1. The minimum Gasteiger partial charge on any atom is -0.394 e. The predicted molar refractivity (Wildman–Crippen MR) is 500 cm³/mol. The summed E-state index contributed by atoms with van der Waals surface area (Å²) in [5.74, 6) is -16.7. The number of nitrogens with two attached hydrogens (primary N) is 3. The van der Waals surface area contributed by atoms with Gasteiger partial charge in [-0.1, -0.05) is 106 Å². The van der Waals surface area contributed by atoms with E-state index in [1.54, 1.807) is 98.2 Å². The van der Waals surface area contributed by atoms with Gasteiger partial charge in [0.1, 0.15) is 84.6 Å². The summed E-state index contributed by atoms with van der Waals surface area (Å²) in [6.07, 6.45) is 8.12. The van der Waals surface area contributed by atoms with Crippen molar-refractivity contribution in [3.05, 3.63) is 144 Å². The van der Waals surface area contributed by atoms with Crippen molar-refractivity contribution in [2.75, 3.05) is 58.9 Å². The Hall–Kier alpha value is -14.3. The van der Waals surface area contributed by atoms with Gasteiger partial charge in [0, 0.05) is 130 Å². The third-order valence-corrected chi connectivity index (χ3v) is 25.6. The lowest BCUT2D eigenvalue weighted by molar-refractivity contribution is -0.149. The number of unbranched alkanes of at least 4 members (excludes halogenated alkanes) is 2. The summed E-state index contributed by atoms with van der Waals surface area (Å²) in [6, 6.07) is 0.378. The van der Waals surface area contributed by atoms with Crippen LogP contribution < -0.4 is 75.7 Å². The number of aliphatic hydroxyl groups excluding tert-OH is 1. The molecule has 23 N–H and O–H groups in total. The van der Waals surface area contributed by atoms with Crippen molar-refractivity contribution in [2.24, 2.45) is 17.2 Å². The molecule has 136 heavy (non-hydrogen) atoms. The molecule has 0 spiro atoms. The molecule has 3 saturated heterocycles. The average Bonchev–Trinajstić information content (AvgIpc) is 1.63. The third kappa shape index (κ3) is 28.0. The molecule has 3 aliphatic heterocycles. The van der Waals surface area contributed by atoms with E-state index in [9.17, 15) is 43.5 Å². The number of H-pyrrole nitrogens is 4. The molecule has 2 bridgehead atoms. The second-order valence-corrected chi connectivity index (χ2v) is 35.4. The highest BCUT2D eigenvalue weighted by Crippen LogP contribution is 2.29. The molecule has 0 saturated carbocycles. The zero-order chi connectivity index (χ0) is 98.6. The van der Waals surface area contributed by atoms with Gasteiger partial charge in [-0.25, -0.2) is 9.97 Å². The topological polar surface area (TPSA) is 650 Å². The van der Waals surface area contributed by atoms with Crippen molar-refractivity contribution in [2.45, 2.75) is 227 Å². The lowest BCUT2D eigenvalue weighted by Gasteiger charge is -2.36. The molecular weight excluding hydrogens is 1780 g/mol. The van der Waals surface area contributed by atoms with Crippen molar-refractivity contribution in [3.63, 3.8) is 0 Å². The van der Waals surface area contributed by atoms with Crippen LogP contribution in [0.1, 0.15) is 133 Å². The van der Waals surface area contributed by atoms with Crippen LogP contribution in [-0.2, 0) is 114 Å². The SMILES string of the molecule is CCCC[C@H]1C(=O)N(C)[C@@H](CCCC)C(=O)N[C@H]2CC(C)N(C2=O)[C@H](C(=O)NCC(N)=O)CSCC(=O)N[C@@H](Cc2ccccc2)C(=O)N(C)[C@@H](C)C(=O)N[C@@H](CC(N)=O)C(=O)N2CCCC2C(=O)N[C@@H](Cc2cnc[nH]2)C(=O)N[C@@H](Cc2c[nH]cn2)C(=O)N[C@@H](CO)C(=O)N[C@@H](Cc2c[nH]c3ccccc23)C(=O)N[C@@H](CCCNC(=N)N)C(=O)N[C@@H](Cc2c[nH]c3ccccc23)C(=O)N1C. The van der Waals surface area contributed by atoms with Gasteiger partial charge in [-0.05, 0) is 87.6 Å². The maximum absolute atomic E-state index is 15.9. The number of nitrogens with one attached hydrogen (secondary N) is 16. The number of rotatable bonds is 26. The number of hydrogen-bond donors (Lipinski definition) is 20. The lowest BCUT2D eigenvalue weighted by Crippen LogP contribution is -2.62. The van der Waals surface area contributed by atoms with Gasteiger partial charge in [0.2, 0.25) is 100 Å². The number of thioether (sulfide) groups is 1. The number of likely N-dealkylation sites (N-methyl/N-ethyl adjacent to an activating group) is 3. The molecule has 732 valence electrons. The van der Waals surface area contributed by atoms with E-state index in [-0.39, 0.29) is 101 Å². The minimum absolute atomic E-state index is 0.0163. The molecule has 3 aromatic carbocycles. The number of para-hydroxylation sites is 2. The van der Waals surface area contributed by atoms with Crippen LogP contribution >= 0.6 is 11.8 Å². The first-order valence-corrected chi connectivity index (χ1v) is 46.6. The Bertz CT molecular complexity index is 5400. The van der Waals surface area contributed by atoms with Gasteiger partial charge >= 0.3 is 0 Å². The fraction of sp³-hybridized carbons (Fsp3) is 0.495. The molecule has 0 aliphatic carbocycles. The predicted octanol–water partition coefficient (Wildman–Crippen LogP) is -2.69. The van der Waals surface area contributed by atoms with Crippen LogP contribution in [0.15, 0.2) is 116 Å². The van der Waals surface area contributed by atoms with E-state index in [1.807, 2.05) is 13.8 Å². The van der Waals surface area contributed by atoms with Crippen LogP contribution in [0.2, 0.25) is 0 Å². The number of fused-ring (bicyclic) bond motifs is 5. The van der Waals surface area contributed by atoms with E-state index in [0.717, 1.165) is 21.6 Å². The van der Waals surface area contributed by atoms with Crippen LogP contribution in [0.5, 0.6) is 0 Å². The molecule has 45 heteroatoms. The number of nitrogens with zero attached hydrogens (tertiary/aromatic N) is 7. The zero-order valence-electron chi connectivity index (χ0n) is 77.1. The average molecular weight is 1900 g/mol. The van der Waals surface area contributed by atoms with Crippen LogP contribution in [0.3, 0.4) is 0 Å². The van der Waals surface area contributed by atoms with E-state index < -0.39 is 229 Å². The number of benzene rings is 3. The first-order valence-electron chi connectivity index (χ1n) is 45.4. The van der Waals surface area contributed by atoms with Crippen LogP contribution in [0.4, 0.5) is 0 Å². The van der Waals surface area contributed by atoms with E-state index >= 15 is 43.2 Å². The number of carbonyl (C=O) groups is 17. The highest BCUT2D eigenvalue weighted by molar-refractivity contribution is 8.00. The highest BCUT2D eigenvalue weighted by atomic mass is 32.2. The van der Waals surface area contributed by atoms with Crippen molar-refractivity contribution < 1.29 is 86.6 Å². The van der Waals surface area contributed by atoms with Crippen molar-refractivity contribution in [1.29, 1.82) is 5.41 Å². The molecule has 17 amide bonds. The molecule has 10 rings (SSSR count). The number of imidazole rings is 2. The third-order valence-electron chi connectivity index (χ3n) is 24.6. The van der Waals surface area contributed by atoms with Gasteiger partial charge < -0.3 is 125 Å². The van der Waals surface area contributed by atoms with Gasteiger partial charge in [-0.2, -0.15) is 0 Å². The fourth-order valence-electron chi connectivity index (χ4n) is 17.0. The van der Waals surface area contributed by atoms with Gasteiger partial charge in [0.15, 0.2) is 5.96 Å². The lowest BCUT2D eigenvalue weighted by atomic mass is 9.99. The second-order valence-electron chi connectivity index (χ2n) is 34.4. The summed E-state index contributed by atoms with van der Waals surface area (Å²) < 4.78 is 0. The molecule has 3 aliphatic rings. The van der Waals surface area contributed by atoms with Crippen LogP contribution in [-0.4, -0.2) is 315 Å². The van der Waals surface area contributed by atoms with Gasteiger partial charge in [0.05, 0.1) is 43.7 Å². The number of carbonyl (C=O) groups excluding carboxylic acids is 17. The molecule has 7 aromatic rings. The number of aromatic amines is 4. The minimum atomic E-state index is -1.92. The Morgan fingerprint density at radius 2 is 1.08 bits per heavy atom. The number of aliphatic hydroxyl groups is 1. The monoisotopic (exact) mass is 1900 g/mol. The van der Waals surface area contributed by atoms with Crippen LogP contribution in [0, 0.1) is 5.41 Å². The largest absolute Gasteiger partial charge is 0.394 e. The first kappa shape index (κ1) is 104. The fourth-order valence-corrected chi connectivity index (χ4v) is 17.9. The van der Waals surface area contributed by atoms with Gasteiger partial charge in [-0.15, -0.1) is 11.8 Å². The maximum atomic E-state index is 15.9. The molecule has 3 fully saturated rings. The van der Waals surface area contributed by atoms with Gasteiger partial charge in [0.25, 0.3) is 0 Å². The van der Waals surface area contributed by atoms with E-state index in [0.29, 0.717) is 64.2 Å². The Morgan fingerprint density at radius 1 is 0.529 bits per heavy atom. The summed E-state index contributed by atoms with van der Waals surface area (Å²) in [5, 5.41) is 49.8. The smallest absolute Gasteiger partial charge is 0.246 e. The highest BCUT2D eigenvalue weighted by Gasteiger charge is 2.48. The first-order chi connectivity index (χ1) is 65.1. The number of primary amides is 2. The van der Waals surface area contributed by atoms with E-state index in [4.69, 9.17) is 22.6 Å². The normalized spacial score (nSPS) is 24.5. The molecule has 2 unspecified atom stereocenters. The van der Waals surface area contributed by atoms with Gasteiger partial charge in [-0.3, -0.25) is 86.9 Å². The molecule has 0 radical (unpaired) electrons. The van der Waals surface area contributed by atoms with Crippen LogP contribution in [0.25, 0.3) is 21.8 Å². The second kappa shape index (κ2) is 49.6. The summed E-state index contributed by atoms with van der Waals surface area (Å²) >= 11 is 0.868. The van der Waals surface area contributed by atoms with Crippen molar-refractivity contribution in [3.8, 4) is 0 Å². The molecular formula is C91H124N26O18S. The number of hydrogen-bond acceptors (Lipinski definition) is 22. The zero-order valence-corrected chi connectivity index (χ0v) is 77.9. The Kier molecular flexibility index (Phi) is 37.9. The summed E-state index contributed by atoms with van der Waals surface area (Å²) in [6.45, 7) is 4.74. The Morgan fingerprint density at radius 3 is 1.68 bits per heavy atom. The molecule has 44 nitrogen and oxygen atoms in total. The maximum Gasteiger partial charge on any atom is 0.246 e. The summed E-state index contributed by atoms with van der Waals surface area (Å²) in [7, 11) is 4.05. The number of aromatic nitrogens is 6. The van der Waals surface area contributed by atoms with E-state index in [1.165, 1.54) is 67.8 Å². The van der Waals surface area contributed by atoms with E-state index in [2.05, 4.69) is 88.4 Å².